The van der Waals surface area contributed by atoms with Gasteiger partial charge in [-0.2, -0.15) is 5.53 Å². The number of carbonyl (C=O) groups excluding carboxylic acids is 1. The average molecular weight is 358 g/mol. The van der Waals surface area contributed by atoms with E-state index in [-0.39, 0.29) is 17.9 Å². The fourth-order valence-corrected chi connectivity index (χ4v) is 4.70. The van der Waals surface area contributed by atoms with E-state index < -0.39 is 11.4 Å². The number of benzene rings is 1. The lowest BCUT2D eigenvalue weighted by molar-refractivity contribution is -0.149. The number of nitrogens with one attached hydrogen (secondary N) is 3. The second kappa shape index (κ2) is 6.98. The molecule has 1 aromatic rings. The van der Waals surface area contributed by atoms with Gasteiger partial charge < -0.3 is 10.0 Å². The van der Waals surface area contributed by atoms with E-state index in [0.717, 1.165) is 24.8 Å². The molecule has 0 bridgehead atoms. The van der Waals surface area contributed by atoms with Crippen LogP contribution < -0.4 is 16.4 Å². The van der Waals surface area contributed by atoms with Gasteiger partial charge in [-0.05, 0) is 37.7 Å². The third-order valence-electron chi connectivity index (χ3n) is 6.38. The second-order valence-electron chi connectivity index (χ2n) is 7.72. The molecule has 2 saturated heterocycles. The van der Waals surface area contributed by atoms with Crippen molar-refractivity contribution in [3.8, 4) is 0 Å². The van der Waals surface area contributed by atoms with Gasteiger partial charge in [0.15, 0.2) is 0 Å². The van der Waals surface area contributed by atoms with Crippen molar-refractivity contribution >= 4 is 11.9 Å². The van der Waals surface area contributed by atoms with Crippen molar-refractivity contribution in [2.24, 2.45) is 5.92 Å². The fraction of sp³-hybridized carbons (Fsp3) is 0.579. The summed E-state index contributed by atoms with van der Waals surface area (Å²) >= 11 is 0. The third-order valence-corrected chi connectivity index (χ3v) is 6.38. The van der Waals surface area contributed by atoms with E-state index >= 15 is 0 Å². The first kappa shape index (κ1) is 17.5. The van der Waals surface area contributed by atoms with E-state index in [1.165, 1.54) is 0 Å². The van der Waals surface area contributed by atoms with Crippen LogP contribution in [0.2, 0.25) is 0 Å². The van der Waals surface area contributed by atoms with Crippen LogP contribution in [0.15, 0.2) is 30.3 Å². The minimum absolute atomic E-state index is 0.0273. The zero-order chi connectivity index (χ0) is 18.1. The maximum atomic E-state index is 13.0. The number of hydrazine groups is 2. The van der Waals surface area contributed by atoms with Gasteiger partial charge in [0.2, 0.25) is 5.91 Å². The molecular formula is C19H26N4O3. The number of hydrogen-bond donors (Lipinski definition) is 4. The molecule has 4 rings (SSSR count). The number of nitrogens with zero attached hydrogens (tertiary/aromatic N) is 1. The first-order chi connectivity index (χ1) is 12.6. The number of fused-ring (bicyclic) bond motifs is 1. The molecule has 0 radical (unpaired) electrons. The van der Waals surface area contributed by atoms with Crippen LogP contribution in [0, 0.1) is 5.92 Å². The van der Waals surface area contributed by atoms with Crippen LogP contribution in [0.3, 0.4) is 0 Å². The lowest BCUT2D eigenvalue weighted by Crippen LogP contribution is -2.52. The number of piperidine rings is 1. The highest BCUT2D eigenvalue weighted by molar-refractivity contribution is 5.83. The van der Waals surface area contributed by atoms with Gasteiger partial charge in [0.05, 0.1) is 5.41 Å². The normalized spacial score (nSPS) is 30.6. The van der Waals surface area contributed by atoms with Crippen molar-refractivity contribution in [1.82, 2.24) is 21.3 Å². The van der Waals surface area contributed by atoms with Crippen LogP contribution in [0.1, 0.15) is 37.7 Å². The van der Waals surface area contributed by atoms with Gasteiger partial charge in [-0.3, -0.25) is 9.59 Å². The average Bonchev–Trinajstić information content (AvgIpc) is 3.16. The van der Waals surface area contributed by atoms with Gasteiger partial charge >= 0.3 is 5.97 Å². The first-order valence-electron chi connectivity index (χ1n) is 9.44. The third kappa shape index (κ3) is 3.00. The van der Waals surface area contributed by atoms with Gasteiger partial charge in [-0.25, -0.2) is 10.9 Å². The van der Waals surface area contributed by atoms with Crippen LogP contribution in [0.5, 0.6) is 0 Å². The predicted octanol–water partition coefficient (Wildman–Crippen LogP) is 0.781. The van der Waals surface area contributed by atoms with Crippen LogP contribution in [-0.4, -0.2) is 47.1 Å². The minimum atomic E-state index is -0.878. The van der Waals surface area contributed by atoms with Crippen LogP contribution in [0.25, 0.3) is 0 Å². The van der Waals surface area contributed by atoms with Crippen LogP contribution in [-0.2, 0) is 15.0 Å². The highest BCUT2D eigenvalue weighted by Gasteiger charge is 2.45. The van der Waals surface area contributed by atoms with Crippen LogP contribution >= 0.6 is 0 Å². The molecule has 1 aliphatic carbocycles. The lowest BCUT2D eigenvalue weighted by atomic mass is 9.72. The predicted molar refractivity (Wildman–Crippen MR) is 95.9 cm³/mol. The molecule has 0 aromatic heterocycles. The molecule has 1 saturated carbocycles. The van der Waals surface area contributed by atoms with E-state index in [1.54, 1.807) is 0 Å². The summed E-state index contributed by atoms with van der Waals surface area (Å²) in [6.07, 6.45) is 3.62. The molecule has 7 nitrogen and oxygen atoms in total. The van der Waals surface area contributed by atoms with Gasteiger partial charge in [-0.1, -0.05) is 30.3 Å². The minimum Gasteiger partial charge on any atom is -0.481 e. The van der Waals surface area contributed by atoms with E-state index in [2.05, 4.69) is 16.4 Å². The van der Waals surface area contributed by atoms with Gasteiger partial charge in [0, 0.05) is 31.1 Å². The standard InChI is InChI=1S/C19H26N4O3/c24-17(13-6-7-15-16(12-13)21-22-20-15)23-10-8-19(9-11-23,18(25)26)14-4-2-1-3-5-14/h1-5,13,15-16,20-22H,6-12H2,(H,25,26). The molecular weight excluding hydrogens is 332 g/mol. The quantitative estimate of drug-likeness (QED) is 0.638. The van der Waals surface area contributed by atoms with Crippen molar-refractivity contribution in [1.29, 1.82) is 0 Å². The molecule has 140 valence electrons. The van der Waals surface area contributed by atoms with Crippen molar-refractivity contribution in [3.63, 3.8) is 0 Å². The maximum absolute atomic E-state index is 13.0. The smallest absolute Gasteiger partial charge is 0.314 e. The second-order valence-corrected chi connectivity index (χ2v) is 7.72. The van der Waals surface area contributed by atoms with Gasteiger partial charge in [0.1, 0.15) is 0 Å². The Bertz CT molecular complexity index is 673. The Balaban J connectivity index is 1.42. The zero-order valence-corrected chi connectivity index (χ0v) is 14.8. The highest BCUT2D eigenvalue weighted by Crippen LogP contribution is 2.37. The summed E-state index contributed by atoms with van der Waals surface area (Å²) in [4.78, 5) is 26.9. The monoisotopic (exact) mass is 358 g/mol. The van der Waals surface area contributed by atoms with Crippen molar-refractivity contribution in [2.45, 2.75) is 49.6 Å². The number of aliphatic carboxylic acids is 1. The summed E-state index contributed by atoms with van der Waals surface area (Å²) < 4.78 is 0. The zero-order valence-electron chi connectivity index (χ0n) is 14.8. The Hall–Kier alpha value is -1.96. The summed E-state index contributed by atoms with van der Waals surface area (Å²) in [7, 11) is 0. The summed E-state index contributed by atoms with van der Waals surface area (Å²) in [6, 6.07) is 10.1. The Labute approximate surface area is 153 Å². The molecule has 3 aliphatic rings. The Morgan fingerprint density at radius 1 is 1.04 bits per heavy atom. The molecule has 2 aliphatic heterocycles. The molecule has 0 spiro atoms. The fourth-order valence-electron chi connectivity index (χ4n) is 4.70. The van der Waals surface area contributed by atoms with E-state index in [1.807, 2.05) is 35.2 Å². The molecule has 1 aromatic carbocycles. The Morgan fingerprint density at radius 2 is 1.73 bits per heavy atom. The summed E-state index contributed by atoms with van der Waals surface area (Å²) in [5, 5.41) is 9.89. The maximum Gasteiger partial charge on any atom is 0.314 e. The van der Waals surface area contributed by atoms with E-state index in [4.69, 9.17) is 0 Å². The molecule has 26 heavy (non-hydrogen) atoms. The Kier molecular flexibility index (Phi) is 4.69. The molecule has 3 atom stereocenters. The molecule has 1 amide bonds. The number of likely N-dealkylation sites (tertiary alicyclic amines) is 1. The number of amides is 1. The number of rotatable bonds is 3. The van der Waals surface area contributed by atoms with Crippen molar-refractivity contribution in [3.05, 3.63) is 35.9 Å². The molecule has 7 heteroatoms. The number of carboxylic acid groups (broad SMARTS) is 1. The molecule has 3 unspecified atom stereocenters. The Morgan fingerprint density at radius 3 is 2.42 bits per heavy atom. The van der Waals surface area contributed by atoms with E-state index in [0.29, 0.717) is 32.0 Å². The number of hydrogen-bond acceptors (Lipinski definition) is 5. The summed E-state index contributed by atoms with van der Waals surface area (Å²) in [5.74, 6) is -0.577. The highest BCUT2D eigenvalue weighted by atomic mass is 16.4. The molecule has 2 heterocycles. The molecule has 4 N–H and O–H groups in total. The van der Waals surface area contributed by atoms with Gasteiger partial charge in [-0.15, -0.1) is 0 Å². The van der Waals surface area contributed by atoms with Crippen molar-refractivity contribution < 1.29 is 14.7 Å². The largest absolute Gasteiger partial charge is 0.481 e. The first-order valence-corrected chi connectivity index (χ1v) is 9.44. The summed E-state index contributed by atoms with van der Waals surface area (Å²) in [5.41, 5.74) is 9.29. The van der Waals surface area contributed by atoms with Crippen LogP contribution in [0.4, 0.5) is 0 Å². The lowest BCUT2D eigenvalue weighted by Gasteiger charge is -2.41. The SMILES string of the molecule is O=C(C1CCC2NNNC2C1)N1CCC(C(=O)O)(c2ccccc2)CC1. The molecule has 3 fully saturated rings. The number of carboxylic acids is 1. The number of carbonyl (C=O) groups is 2. The topological polar surface area (TPSA) is 93.7 Å². The van der Waals surface area contributed by atoms with E-state index in [9.17, 15) is 14.7 Å². The van der Waals surface area contributed by atoms with Gasteiger partial charge in [0.25, 0.3) is 0 Å². The summed E-state index contributed by atoms with van der Waals surface area (Å²) in [6.45, 7) is 1.02. The van der Waals surface area contributed by atoms with Crippen molar-refractivity contribution in [2.75, 3.05) is 13.1 Å².